The van der Waals surface area contributed by atoms with Crippen LogP contribution < -0.4 is 15.4 Å². The number of rotatable bonds is 4. The molecule has 1 atom stereocenters. The Labute approximate surface area is 149 Å². The first-order chi connectivity index (χ1) is 12.5. The average Bonchev–Trinajstić information content (AvgIpc) is 2.82. The summed E-state index contributed by atoms with van der Waals surface area (Å²) in [5.74, 6) is 0.147. The lowest BCUT2D eigenvalue weighted by molar-refractivity contribution is -0.385. The van der Waals surface area contributed by atoms with Crippen LogP contribution in [0.5, 0.6) is 5.75 Å². The van der Waals surface area contributed by atoms with Crippen LogP contribution in [0.4, 0.5) is 14.9 Å². The molecule has 26 heavy (non-hydrogen) atoms. The third kappa shape index (κ3) is 4.08. The summed E-state index contributed by atoms with van der Waals surface area (Å²) >= 11 is 0. The van der Waals surface area contributed by atoms with Gasteiger partial charge in [0.1, 0.15) is 11.6 Å². The summed E-state index contributed by atoms with van der Waals surface area (Å²) in [5, 5.41) is 16.4. The monoisotopic (exact) mass is 359 g/mol. The first-order valence-electron chi connectivity index (χ1n) is 8.23. The molecular weight excluding hydrogens is 341 g/mol. The Morgan fingerprint density at radius 1 is 1.31 bits per heavy atom. The highest BCUT2D eigenvalue weighted by atomic mass is 19.1. The van der Waals surface area contributed by atoms with Crippen molar-refractivity contribution in [2.45, 2.75) is 25.4 Å². The maximum Gasteiger partial charge on any atom is 0.315 e. The zero-order valence-corrected chi connectivity index (χ0v) is 13.9. The van der Waals surface area contributed by atoms with Crippen molar-refractivity contribution in [3.8, 4) is 5.75 Å². The lowest BCUT2D eigenvalue weighted by Crippen LogP contribution is -2.37. The van der Waals surface area contributed by atoms with Crippen LogP contribution in [0.2, 0.25) is 0 Å². The van der Waals surface area contributed by atoms with E-state index in [1.54, 1.807) is 24.3 Å². The predicted molar refractivity (Wildman–Crippen MR) is 92.3 cm³/mol. The molecule has 0 saturated carbocycles. The van der Waals surface area contributed by atoms with Gasteiger partial charge in [0.25, 0.3) is 5.69 Å². The molecule has 2 amide bonds. The van der Waals surface area contributed by atoms with Crippen molar-refractivity contribution in [1.29, 1.82) is 0 Å². The number of ether oxygens (including phenoxy) is 1. The van der Waals surface area contributed by atoms with Crippen LogP contribution in [0.3, 0.4) is 0 Å². The quantitative estimate of drug-likeness (QED) is 0.646. The zero-order valence-electron chi connectivity index (χ0n) is 13.9. The second kappa shape index (κ2) is 7.81. The van der Waals surface area contributed by atoms with E-state index in [0.717, 1.165) is 0 Å². The van der Waals surface area contributed by atoms with Gasteiger partial charge < -0.3 is 15.4 Å². The van der Waals surface area contributed by atoms with E-state index in [1.165, 1.54) is 18.2 Å². The molecular formula is C18H18FN3O4. The summed E-state index contributed by atoms with van der Waals surface area (Å²) in [4.78, 5) is 22.8. The number of carbonyl (C=O) groups excluding carboxylic acids is 1. The maximum absolute atomic E-state index is 13.6. The van der Waals surface area contributed by atoms with Crippen molar-refractivity contribution >= 4 is 11.7 Å². The number of nitrogens with zero attached hydrogens (tertiary/aromatic N) is 1. The summed E-state index contributed by atoms with van der Waals surface area (Å²) in [6.07, 6.45) is 1.32. The molecule has 0 aliphatic carbocycles. The highest BCUT2D eigenvalue weighted by molar-refractivity contribution is 5.74. The number of halogens is 1. The van der Waals surface area contributed by atoms with E-state index in [-0.39, 0.29) is 12.2 Å². The zero-order chi connectivity index (χ0) is 18.5. The second-order valence-corrected chi connectivity index (χ2v) is 5.94. The van der Waals surface area contributed by atoms with Crippen molar-refractivity contribution in [3.63, 3.8) is 0 Å². The Bertz CT molecular complexity index is 828. The molecule has 0 spiro atoms. The minimum absolute atomic E-state index is 0.0161. The fraction of sp³-hybridized carbons (Fsp3) is 0.278. The normalized spacial score (nSPS) is 16.0. The minimum atomic E-state index is -0.490. The highest BCUT2D eigenvalue weighted by Crippen LogP contribution is 2.32. The molecule has 2 aromatic carbocycles. The molecule has 0 saturated heterocycles. The molecule has 1 aliphatic rings. The van der Waals surface area contributed by atoms with Crippen LogP contribution in [0, 0.1) is 15.9 Å². The first kappa shape index (κ1) is 17.7. The van der Waals surface area contributed by atoms with E-state index in [0.29, 0.717) is 36.3 Å². The Kier molecular flexibility index (Phi) is 5.31. The molecule has 1 aliphatic heterocycles. The van der Waals surface area contributed by atoms with Gasteiger partial charge in [-0.2, -0.15) is 0 Å². The van der Waals surface area contributed by atoms with E-state index in [9.17, 15) is 19.3 Å². The van der Waals surface area contributed by atoms with Gasteiger partial charge in [-0.15, -0.1) is 0 Å². The summed E-state index contributed by atoms with van der Waals surface area (Å²) in [6, 6.07) is 9.56. The average molecular weight is 359 g/mol. The first-order valence-corrected chi connectivity index (χ1v) is 8.23. The molecule has 0 unspecified atom stereocenters. The molecule has 3 rings (SSSR count). The van der Waals surface area contributed by atoms with E-state index < -0.39 is 22.8 Å². The molecule has 8 heteroatoms. The number of hydrogen-bond donors (Lipinski definition) is 2. The standard InChI is InChI=1S/C18H18FN3O4/c19-13-7-8-17-14(10-13)15(5-3-9-26-17)21-18(23)20-11-12-4-1-2-6-16(12)22(24)25/h1-2,4,6-8,10,15H,3,5,9,11H2,(H2,20,21,23)/t15-/m0/s1. The van der Waals surface area contributed by atoms with Gasteiger partial charge in [-0.3, -0.25) is 10.1 Å². The van der Waals surface area contributed by atoms with Crippen LogP contribution in [0.1, 0.15) is 30.0 Å². The fourth-order valence-electron chi connectivity index (χ4n) is 2.92. The number of hydrogen-bond acceptors (Lipinski definition) is 4. The molecule has 0 aromatic heterocycles. The number of fused-ring (bicyclic) bond motifs is 1. The van der Waals surface area contributed by atoms with Crippen LogP contribution >= 0.6 is 0 Å². The number of nitrogens with one attached hydrogen (secondary N) is 2. The summed E-state index contributed by atoms with van der Waals surface area (Å²) in [7, 11) is 0. The van der Waals surface area contributed by atoms with Gasteiger partial charge in [0.2, 0.25) is 0 Å². The molecule has 2 aromatic rings. The molecule has 1 heterocycles. The van der Waals surface area contributed by atoms with Crippen LogP contribution in [-0.2, 0) is 6.54 Å². The number of benzene rings is 2. The SMILES string of the molecule is O=C(NCc1ccccc1[N+](=O)[O-])N[C@H]1CCCOc2ccc(F)cc21. The molecule has 0 fully saturated rings. The van der Waals surface area contributed by atoms with Gasteiger partial charge in [-0.25, -0.2) is 9.18 Å². The topological polar surface area (TPSA) is 93.5 Å². The summed E-state index contributed by atoms with van der Waals surface area (Å²) in [5.41, 5.74) is 0.940. The number of para-hydroxylation sites is 1. The molecule has 0 bridgehead atoms. The largest absolute Gasteiger partial charge is 0.493 e. The smallest absolute Gasteiger partial charge is 0.315 e. The van der Waals surface area contributed by atoms with Crippen molar-refractivity contribution in [2.75, 3.05) is 6.61 Å². The lowest BCUT2D eigenvalue weighted by Gasteiger charge is -2.19. The Balaban J connectivity index is 1.67. The number of nitro groups is 1. The van der Waals surface area contributed by atoms with Gasteiger partial charge in [0.05, 0.1) is 24.1 Å². The van der Waals surface area contributed by atoms with E-state index in [4.69, 9.17) is 4.74 Å². The van der Waals surface area contributed by atoms with Crippen LogP contribution in [0.25, 0.3) is 0 Å². The van der Waals surface area contributed by atoms with Gasteiger partial charge >= 0.3 is 6.03 Å². The molecule has 2 N–H and O–H groups in total. The van der Waals surface area contributed by atoms with E-state index >= 15 is 0 Å². The molecule has 7 nitrogen and oxygen atoms in total. The number of nitro benzene ring substituents is 1. The van der Waals surface area contributed by atoms with Crippen LogP contribution in [0.15, 0.2) is 42.5 Å². The van der Waals surface area contributed by atoms with E-state index in [2.05, 4.69) is 10.6 Å². The second-order valence-electron chi connectivity index (χ2n) is 5.94. The Hall–Kier alpha value is -3.16. The Morgan fingerprint density at radius 2 is 2.12 bits per heavy atom. The fourth-order valence-corrected chi connectivity index (χ4v) is 2.92. The Morgan fingerprint density at radius 3 is 2.92 bits per heavy atom. The van der Waals surface area contributed by atoms with Crippen molar-refractivity contribution < 1.29 is 18.8 Å². The molecule has 0 radical (unpaired) electrons. The summed E-state index contributed by atoms with van der Waals surface area (Å²) in [6.45, 7) is 0.511. The van der Waals surface area contributed by atoms with Crippen LogP contribution in [-0.4, -0.2) is 17.6 Å². The highest BCUT2D eigenvalue weighted by Gasteiger charge is 2.22. The van der Waals surface area contributed by atoms with E-state index in [1.807, 2.05) is 0 Å². The predicted octanol–water partition coefficient (Wildman–Crippen LogP) is 3.45. The third-order valence-electron chi connectivity index (χ3n) is 4.17. The minimum Gasteiger partial charge on any atom is -0.493 e. The van der Waals surface area contributed by atoms with Crippen molar-refractivity contribution in [3.05, 3.63) is 69.5 Å². The van der Waals surface area contributed by atoms with Gasteiger partial charge in [-0.1, -0.05) is 18.2 Å². The number of amides is 2. The molecule has 136 valence electrons. The lowest BCUT2D eigenvalue weighted by atomic mass is 10.0. The number of urea groups is 1. The van der Waals surface area contributed by atoms with Gasteiger partial charge in [0.15, 0.2) is 0 Å². The van der Waals surface area contributed by atoms with Crippen molar-refractivity contribution in [2.24, 2.45) is 0 Å². The third-order valence-corrected chi connectivity index (χ3v) is 4.17. The van der Waals surface area contributed by atoms with Gasteiger partial charge in [-0.05, 0) is 31.0 Å². The van der Waals surface area contributed by atoms with Gasteiger partial charge in [0, 0.05) is 17.2 Å². The van der Waals surface area contributed by atoms with Crippen molar-refractivity contribution in [1.82, 2.24) is 10.6 Å². The summed E-state index contributed by atoms with van der Waals surface area (Å²) < 4.78 is 19.2. The number of carbonyl (C=O) groups is 1. The maximum atomic E-state index is 13.6.